The van der Waals surface area contributed by atoms with Gasteiger partial charge in [0.25, 0.3) is 0 Å². The highest BCUT2D eigenvalue weighted by atomic mass is 15.2. The Kier molecular flexibility index (Phi) is 6.26. The van der Waals surface area contributed by atoms with Crippen molar-refractivity contribution in [2.45, 2.75) is 52.5 Å². The van der Waals surface area contributed by atoms with Crippen molar-refractivity contribution in [3.05, 3.63) is 0 Å². The molecule has 2 nitrogen and oxygen atoms in total. The number of rotatable bonds is 1. The zero-order valence-electron chi connectivity index (χ0n) is 10.8. The maximum atomic E-state index is 3.44. The quantitative estimate of drug-likeness (QED) is 0.718. The van der Waals surface area contributed by atoms with Crippen molar-refractivity contribution >= 4 is 0 Å². The van der Waals surface area contributed by atoms with E-state index in [9.17, 15) is 0 Å². The molecule has 0 atom stereocenters. The summed E-state index contributed by atoms with van der Waals surface area (Å²) < 4.78 is 0. The zero-order chi connectivity index (χ0) is 11.1. The fraction of sp³-hybridized carbons (Fsp3) is 1.00. The fourth-order valence-electron chi connectivity index (χ4n) is 2.57. The van der Waals surface area contributed by atoms with Crippen LogP contribution in [0.25, 0.3) is 0 Å². The van der Waals surface area contributed by atoms with Crippen molar-refractivity contribution in [2.24, 2.45) is 5.92 Å². The van der Waals surface area contributed by atoms with E-state index in [1.165, 1.54) is 51.9 Å². The molecule has 2 heteroatoms. The van der Waals surface area contributed by atoms with E-state index in [1.807, 2.05) is 13.8 Å². The summed E-state index contributed by atoms with van der Waals surface area (Å²) in [6.45, 7) is 11.6. The minimum absolute atomic E-state index is 0.897. The van der Waals surface area contributed by atoms with Gasteiger partial charge in [-0.3, -0.25) is 0 Å². The van der Waals surface area contributed by atoms with Gasteiger partial charge in [0.05, 0.1) is 0 Å². The summed E-state index contributed by atoms with van der Waals surface area (Å²) in [5, 5.41) is 3.44. The largest absolute Gasteiger partial charge is 0.317 e. The monoisotopic (exact) mass is 212 g/mol. The van der Waals surface area contributed by atoms with Gasteiger partial charge < -0.3 is 10.2 Å². The normalized spacial score (nSPS) is 25.8. The summed E-state index contributed by atoms with van der Waals surface area (Å²) in [4.78, 5) is 2.72. The van der Waals surface area contributed by atoms with E-state index in [2.05, 4.69) is 17.1 Å². The molecule has 0 saturated carbocycles. The van der Waals surface area contributed by atoms with Crippen LogP contribution >= 0.6 is 0 Å². The first-order valence-electron chi connectivity index (χ1n) is 6.81. The molecular weight excluding hydrogens is 184 g/mol. The summed E-state index contributed by atoms with van der Waals surface area (Å²) in [7, 11) is 0. The molecule has 90 valence electrons. The van der Waals surface area contributed by atoms with Gasteiger partial charge in [-0.2, -0.15) is 0 Å². The Morgan fingerprint density at radius 2 is 1.47 bits per heavy atom. The molecule has 0 aromatic heterocycles. The lowest BCUT2D eigenvalue weighted by Crippen LogP contribution is -2.46. The van der Waals surface area contributed by atoms with Gasteiger partial charge in [-0.1, -0.05) is 20.8 Å². The maximum absolute atomic E-state index is 3.44. The number of hydrogen-bond donors (Lipinski definition) is 1. The van der Waals surface area contributed by atoms with Gasteiger partial charge >= 0.3 is 0 Å². The molecule has 0 aromatic carbocycles. The molecule has 0 bridgehead atoms. The molecule has 1 N–H and O–H groups in total. The van der Waals surface area contributed by atoms with Crippen LogP contribution in [-0.2, 0) is 0 Å². The number of hydrogen-bond acceptors (Lipinski definition) is 2. The average Bonchev–Trinajstić information content (AvgIpc) is 2.34. The molecule has 2 aliphatic heterocycles. The van der Waals surface area contributed by atoms with Crippen LogP contribution < -0.4 is 5.32 Å². The predicted molar refractivity (Wildman–Crippen MR) is 67.2 cm³/mol. The second-order valence-electron chi connectivity index (χ2n) is 4.70. The SMILES string of the molecule is CC.CC1CCN(C2CCNCC2)CC1. The lowest BCUT2D eigenvalue weighted by atomic mass is 9.95. The molecule has 2 heterocycles. The summed E-state index contributed by atoms with van der Waals surface area (Å²) >= 11 is 0. The van der Waals surface area contributed by atoms with Crippen molar-refractivity contribution in [1.82, 2.24) is 10.2 Å². The molecule has 0 aliphatic carbocycles. The van der Waals surface area contributed by atoms with Gasteiger partial charge in [-0.15, -0.1) is 0 Å². The molecule has 0 amide bonds. The van der Waals surface area contributed by atoms with Crippen LogP contribution in [0.3, 0.4) is 0 Å². The predicted octanol–water partition coefficient (Wildman–Crippen LogP) is 2.50. The first kappa shape index (κ1) is 13.0. The second kappa shape index (κ2) is 7.24. The first-order valence-corrected chi connectivity index (χ1v) is 6.81. The molecule has 2 saturated heterocycles. The minimum atomic E-state index is 0.897. The second-order valence-corrected chi connectivity index (χ2v) is 4.70. The van der Waals surface area contributed by atoms with Crippen molar-refractivity contribution in [2.75, 3.05) is 26.2 Å². The van der Waals surface area contributed by atoms with E-state index in [-0.39, 0.29) is 0 Å². The van der Waals surface area contributed by atoms with Gasteiger partial charge in [0, 0.05) is 6.04 Å². The Balaban J connectivity index is 0.000000531. The van der Waals surface area contributed by atoms with Crippen LogP contribution in [0.5, 0.6) is 0 Å². The third-order valence-corrected chi connectivity index (χ3v) is 3.64. The van der Waals surface area contributed by atoms with Gasteiger partial charge in [0.2, 0.25) is 0 Å². The third kappa shape index (κ3) is 4.12. The molecule has 2 aliphatic rings. The lowest BCUT2D eigenvalue weighted by Gasteiger charge is -2.38. The van der Waals surface area contributed by atoms with Crippen molar-refractivity contribution in [3.63, 3.8) is 0 Å². The Hall–Kier alpha value is -0.0800. The smallest absolute Gasteiger partial charge is 0.0119 e. The molecule has 0 radical (unpaired) electrons. The van der Waals surface area contributed by atoms with Crippen LogP contribution in [0, 0.1) is 5.92 Å². The maximum Gasteiger partial charge on any atom is 0.0119 e. The van der Waals surface area contributed by atoms with Crippen LogP contribution in [0.4, 0.5) is 0 Å². The number of likely N-dealkylation sites (tertiary alicyclic amines) is 1. The van der Waals surface area contributed by atoms with Gasteiger partial charge in [0.1, 0.15) is 0 Å². The zero-order valence-corrected chi connectivity index (χ0v) is 10.8. The Labute approximate surface area is 95.4 Å². The van der Waals surface area contributed by atoms with Crippen LogP contribution in [0.2, 0.25) is 0 Å². The molecular formula is C13H28N2. The highest BCUT2D eigenvalue weighted by Gasteiger charge is 2.24. The van der Waals surface area contributed by atoms with E-state index in [1.54, 1.807) is 0 Å². The van der Waals surface area contributed by atoms with Crippen LogP contribution in [0.15, 0.2) is 0 Å². The molecule has 0 spiro atoms. The van der Waals surface area contributed by atoms with Crippen molar-refractivity contribution in [1.29, 1.82) is 0 Å². The summed E-state index contributed by atoms with van der Waals surface area (Å²) in [5.41, 5.74) is 0. The van der Waals surface area contributed by atoms with Crippen LogP contribution in [-0.4, -0.2) is 37.1 Å². The Morgan fingerprint density at radius 3 is 2.00 bits per heavy atom. The number of nitrogens with zero attached hydrogens (tertiary/aromatic N) is 1. The molecule has 0 aromatic rings. The molecule has 2 fully saturated rings. The molecule has 15 heavy (non-hydrogen) atoms. The summed E-state index contributed by atoms with van der Waals surface area (Å²) in [6, 6.07) is 0.897. The standard InChI is InChI=1S/C11H22N2.C2H6/c1-10-4-8-13(9-5-10)11-2-6-12-7-3-11;1-2/h10-12H,2-9H2,1H3;1-2H3. The van der Waals surface area contributed by atoms with Crippen molar-refractivity contribution in [3.8, 4) is 0 Å². The van der Waals surface area contributed by atoms with E-state index in [0.29, 0.717) is 0 Å². The van der Waals surface area contributed by atoms with Gasteiger partial charge in [-0.25, -0.2) is 0 Å². The highest BCUT2D eigenvalue weighted by Crippen LogP contribution is 2.21. The average molecular weight is 212 g/mol. The van der Waals surface area contributed by atoms with E-state index < -0.39 is 0 Å². The van der Waals surface area contributed by atoms with E-state index >= 15 is 0 Å². The molecule has 0 unspecified atom stereocenters. The third-order valence-electron chi connectivity index (χ3n) is 3.64. The van der Waals surface area contributed by atoms with E-state index in [0.717, 1.165) is 12.0 Å². The van der Waals surface area contributed by atoms with E-state index in [4.69, 9.17) is 0 Å². The fourth-order valence-corrected chi connectivity index (χ4v) is 2.57. The Bertz CT molecular complexity index is 145. The topological polar surface area (TPSA) is 15.3 Å². The first-order chi connectivity index (χ1) is 7.36. The molecule has 2 rings (SSSR count). The number of piperidine rings is 2. The summed E-state index contributed by atoms with van der Waals surface area (Å²) in [6.07, 6.45) is 5.58. The highest BCUT2D eigenvalue weighted by molar-refractivity contribution is 4.80. The number of nitrogens with one attached hydrogen (secondary N) is 1. The summed E-state index contributed by atoms with van der Waals surface area (Å²) in [5.74, 6) is 0.970. The minimum Gasteiger partial charge on any atom is -0.317 e. The Morgan fingerprint density at radius 1 is 0.933 bits per heavy atom. The lowest BCUT2D eigenvalue weighted by molar-refractivity contribution is 0.115. The van der Waals surface area contributed by atoms with Crippen molar-refractivity contribution < 1.29 is 0 Å². The van der Waals surface area contributed by atoms with Crippen LogP contribution in [0.1, 0.15) is 46.5 Å². The van der Waals surface area contributed by atoms with Gasteiger partial charge in [-0.05, 0) is 57.8 Å². The van der Waals surface area contributed by atoms with Gasteiger partial charge in [0.15, 0.2) is 0 Å².